The quantitative estimate of drug-likeness (QED) is 0.616. The Morgan fingerprint density at radius 2 is 1.65 bits per heavy atom. The maximum Gasteiger partial charge on any atom is 1.00 e. The Kier molecular flexibility index (Phi) is 13.7. The minimum absolute atomic E-state index is 0. The molecule has 2 aromatic rings. The minimum atomic E-state index is 0. The van der Waals surface area contributed by atoms with E-state index in [-0.39, 0.29) is 66.2 Å². The van der Waals surface area contributed by atoms with Gasteiger partial charge in [-0.15, -0.1) is 0 Å². The number of hydrogen-bond acceptors (Lipinski definition) is 3. The SMILES string of the molecule is C.COc1cccnc1.[CH3-].[K+].c1cncc(C2CC2)c1. The maximum absolute atomic E-state index is 4.85. The van der Waals surface area contributed by atoms with Crippen molar-refractivity contribution in [3.8, 4) is 5.75 Å². The first-order chi connectivity index (χ1) is 8.40. The van der Waals surface area contributed by atoms with Gasteiger partial charge in [-0.3, -0.25) is 9.97 Å². The van der Waals surface area contributed by atoms with Gasteiger partial charge in [0.2, 0.25) is 0 Å². The van der Waals surface area contributed by atoms with Crippen LogP contribution in [0, 0.1) is 7.43 Å². The second-order valence-electron chi connectivity index (χ2n) is 3.95. The van der Waals surface area contributed by atoms with Gasteiger partial charge in [0.15, 0.2) is 0 Å². The van der Waals surface area contributed by atoms with E-state index in [2.05, 4.69) is 16.0 Å². The molecule has 0 spiro atoms. The van der Waals surface area contributed by atoms with Crippen LogP contribution >= 0.6 is 0 Å². The van der Waals surface area contributed by atoms with Crippen LogP contribution in [0.2, 0.25) is 0 Å². The number of rotatable bonds is 2. The molecule has 1 aliphatic carbocycles. The number of methoxy groups -OCH3 is 1. The van der Waals surface area contributed by atoms with Crippen molar-refractivity contribution in [2.45, 2.75) is 26.2 Å². The summed E-state index contributed by atoms with van der Waals surface area (Å²) < 4.78 is 4.85. The zero-order chi connectivity index (χ0) is 11.9. The summed E-state index contributed by atoms with van der Waals surface area (Å²) in [6, 6.07) is 7.85. The fourth-order valence-electron chi connectivity index (χ4n) is 1.50. The Morgan fingerprint density at radius 1 is 1.05 bits per heavy atom. The standard InChI is InChI=1S/C8H9N.C6H7NO.CH4.CH3.K/c1-2-8(6-9-5-1)7-3-4-7;1-8-6-3-2-4-7-5-6;;;/h1-2,5-7H,3-4H2;2-5H,1H3;1H4;1H3;/q;;;-1;+1. The van der Waals surface area contributed by atoms with Gasteiger partial charge < -0.3 is 12.2 Å². The van der Waals surface area contributed by atoms with E-state index in [4.69, 9.17) is 4.74 Å². The average molecular weight is 298 g/mol. The number of aromatic nitrogens is 2. The van der Waals surface area contributed by atoms with E-state index < -0.39 is 0 Å². The van der Waals surface area contributed by atoms with Crippen molar-refractivity contribution in [2.75, 3.05) is 7.11 Å². The van der Waals surface area contributed by atoms with E-state index in [9.17, 15) is 0 Å². The smallest absolute Gasteiger partial charge is 0.495 e. The third kappa shape index (κ3) is 8.12. The van der Waals surface area contributed by atoms with Gasteiger partial charge in [-0.05, 0) is 42.5 Å². The molecule has 0 bridgehead atoms. The monoisotopic (exact) mass is 298 g/mol. The zero-order valence-electron chi connectivity index (χ0n) is 11.9. The molecule has 0 radical (unpaired) electrons. The van der Waals surface area contributed by atoms with Gasteiger partial charge >= 0.3 is 51.4 Å². The number of pyridine rings is 2. The van der Waals surface area contributed by atoms with Gasteiger partial charge in [0.25, 0.3) is 0 Å². The van der Waals surface area contributed by atoms with Gasteiger partial charge in [0.05, 0.1) is 13.3 Å². The van der Waals surface area contributed by atoms with Crippen LogP contribution in [0.5, 0.6) is 5.75 Å². The average Bonchev–Trinajstić information content (AvgIpc) is 3.26. The molecule has 3 nitrogen and oxygen atoms in total. The third-order valence-corrected chi connectivity index (χ3v) is 2.60. The largest absolute Gasteiger partial charge is 1.00 e. The van der Waals surface area contributed by atoms with Crippen molar-refractivity contribution >= 4 is 0 Å². The molecule has 0 amide bonds. The van der Waals surface area contributed by atoms with Crippen LogP contribution in [0.3, 0.4) is 0 Å². The molecule has 4 heteroatoms. The van der Waals surface area contributed by atoms with Crippen LogP contribution in [0.1, 0.15) is 31.7 Å². The van der Waals surface area contributed by atoms with Crippen molar-refractivity contribution < 1.29 is 56.1 Å². The molecule has 0 N–H and O–H groups in total. The Hall–Kier alpha value is -0.264. The number of hydrogen-bond donors (Lipinski definition) is 0. The maximum atomic E-state index is 4.85. The Balaban J connectivity index is 0. The summed E-state index contributed by atoms with van der Waals surface area (Å²) >= 11 is 0. The minimum Gasteiger partial charge on any atom is -0.495 e. The summed E-state index contributed by atoms with van der Waals surface area (Å²) in [4.78, 5) is 7.88. The summed E-state index contributed by atoms with van der Waals surface area (Å²) in [6.45, 7) is 0. The second kappa shape index (κ2) is 12.5. The first-order valence-corrected chi connectivity index (χ1v) is 5.74. The molecule has 0 aromatic carbocycles. The van der Waals surface area contributed by atoms with Gasteiger partial charge in [0.1, 0.15) is 5.75 Å². The van der Waals surface area contributed by atoms with Gasteiger partial charge in [-0.2, -0.15) is 0 Å². The summed E-state index contributed by atoms with van der Waals surface area (Å²) in [5.41, 5.74) is 1.41. The van der Waals surface area contributed by atoms with Crippen LogP contribution in [0.15, 0.2) is 49.1 Å². The van der Waals surface area contributed by atoms with Gasteiger partial charge in [-0.1, -0.05) is 13.5 Å². The summed E-state index contributed by atoms with van der Waals surface area (Å²) in [5.74, 6) is 1.64. The van der Waals surface area contributed by atoms with Crippen LogP contribution in [-0.4, -0.2) is 17.1 Å². The van der Waals surface area contributed by atoms with Crippen molar-refractivity contribution in [2.24, 2.45) is 0 Å². The van der Waals surface area contributed by atoms with Gasteiger partial charge in [0, 0.05) is 18.6 Å². The zero-order valence-corrected chi connectivity index (χ0v) is 15.0. The third-order valence-electron chi connectivity index (χ3n) is 2.60. The number of ether oxygens (including phenoxy) is 1. The molecule has 1 saturated carbocycles. The van der Waals surface area contributed by atoms with E-state index in [1.54, 1.807) is 19.5 Å². The molecule has 0 unspecified atom stereocenters. The van der Waals surface area contributed by atoms with E-state index in [1.807, 2.05) is 30.6 Å². The normalized spacial score (nSPS) is 11.4. The Bertz CT molecular complexity index is 433. The molecule has 20 heavy (non-hydrogen) atoms. The molecule has 1 aliphatic rings. The van der Waals surface area contributed by atoms with Crippen molar-refractivity contribution in [1.29, 1.82) is 0 Å². The van der Waals surface area contributed by atoms with Crippen LogP contribution in [0.25, 0.3) is 0 Å². The van der Waals surface area contributed by atoms with Crippen molar-refractivity contribution in [1.82, 2.24) is 9.97 Å². The first kappa shape index (κ1) is 22.0. The molecule has 0 aliphatic heterocycles. The fourth-order valence-corrected chi connectivity index (χ4v) is 1.50. The van der Waals surface area contributed by atoms with Crippen molar-refractivity contribution in [3.63, 3.8) is 0 Å². The molecule has 0 atom stereocenters. The summed E-state index contributed by atoms with van der Waals surface area (Å²) in [6.07, 6.45) is 9.91. The second-order valence-corrected chi connectivity index (χ2v) is 3.95. The fraction of sp³-hybridized carbons (Fsp3) is 0.312. The molecular weight excluding hydrogens is 275 g/mol. The summed E-state index contributed by atoms with van der Waals surface area (Å²) in [5, 5.41) is 0. The van der Waals surface area contributed by atoms with Gasteiger partial charge in [-0.25, -0.2) is 0 Å². The Morgan fingerprint density at radius 3 is 2.00 bits per heavy atom. The molecule has 2 aromatic heterocycles. The number of nitrogens with zero attached hydrogens (tertiary/aromatic N) is 2. The molecule has 104 valence electrons. The molecule has 0 saturated heterocycles. The first-order valence-electron chi connectivity index (χ1n) is 5.74. The Labute approximate surface area is 165 Å². The molecule has 1 fully saturated rings. The van der Waals surface area contributed by atoms with E-state index >= 15 is 0 Å². The molecule has 3 rings (SSSR count). The summed E-state index contributed by atoms with van der Waals surface area (Å²) in [7, 11) is 1.62. The topological polar surface area (TPSA) is 35.0 Å². The predicted molar refractivity (Wildman–Crippen MR) is 80.1 cm³/mol. The van der Waals surface area contributed by atoms with E-state index in [1.165, 1.54) is 18.4 Å². The van der Waals surface area contributed by atoms with Crippen LogP contribution in [-0.2, 0) is 0 Å². The molecular formula is C16H23KN2O. The van der Waals surface area contributed by atoms with Crippen LogP contribution < -0.4 is 56.1 Å². The predicted octanol–water partition coefficient (Wildman–Crippen LogP) is 1.14. The van der Waals surface area contributed by atoms with E-state index in [0.29, 0.717) is 0 Å². The van der Waals surface area contributed by atoms with E-state index in [0.717, 1.165) is 11.7 Å². The van der Waals surface area contributed by atoms with Crippen molar-refractivity contribution in [3.05, 3.63) is 62.0 Å². The molecule has 2 heterocycles. The van der Waals surface area contributed by atoms with Crippen LogP contribution in [0.4, 0.5) is 0 Å².